The highest BCUT2D eigenvalue weighted by atomic mass is 35.5. The maximum atomic E-state index is 13.9. The number of allylic oxidation sites excluding steroid dienone is 1. The van der Waals surface area contributed by atoms with Gasteiger partial charge in [-0.25, -0.2) is 0 Å². The van der Waals surface area contributed by atoms with Crippen LogP contribution in [0.2, 0.25) is 0 Å². The third-order valence-corrected chi connectivity index (χ3v) is 7.72. The summed E-state index contributed by atoms with van der Waals surface area (Å²) in [5.41, 5.74) is 5.07. The minimum absolute atomic E-state index is 0.0355. The molecule has 0 aliphatic carbocycles. The molecule has 1 aromatic heterocycles. The van der Waals surface area contributed by atoms with E-state index in [0.717, 1.165) is 49.8 Å². The molecule has 1 unspecified atom stereocenters. The molecular formula is C36H37ClN2O4. The average molecular weight is 597 g/mol. The molecule has 222 valence electrons. The minimum Gasteiger partial charge on any atom is -0.507 e. The number of aromatic nitrogens is 1. The number of nitrogens with zero attached hydrogens (tertiary/aromatic N) is 1. The Morgan fingerprint density at radius 1 is 1.07 bits per heavy atom. The van der Waals surface area contributed by atoms with Crippen LogP contribution in [-0.4, -0.2) is 41.3 Å². The van der Waals surface area contributed by atoms with Crippen molar-refractivity contribution in [3.8, 4) is 22.6 Å². The van der Waals surface area contributed by atoms with Crippen molar-refractivity contribution >= 4 is 50.7 Å². The first kappa shape index (κ1) is 31.4. The van der Waals surface area contributed by atoms with Crippen LogP contribution < -0.4 is 9.64 Å². The number of ether oxygens (including phenoxy) is 1. The number of H-pyrrole nitrogens is 1. The van der Waals surface area contributed by atoms with Gasteiger partial charge in [-0.15, -0.1) is 18.2 Å². The van der Waals surface area contributed by atoms with Crippen molar-refractivity contribution in [1.82, 2.24) is 4.98 Å². The molecule has 1 aliphatic heterocycles. The second-order valence-corrected chi connectivity index (χ2v) is 10.3. The molecule has 7 heteroatoms. The molecule has 6 rings (SSSR count). The van der Waals surface area contributed by atoms with E-state index in [1.807, 2.05) is 75.4 Å². The number of nitrogens with one attached hydrogen (secondary N) is 1. The number of Topliss-reactive ketones (excluding diaryl/α,β-unsaturated/α-hetero) is 1. The van der Waals surface area contributed by atoms with Crippen LogP contribution in [0.25, 0.3) is 32.8 Å². The van der Waals surface area contributed by atoms with Crippen molar-refractivity contribution in [2.75, 3.05) is 24.4 Å². The van der Waals surface area contributed by atoms with Gasteiger partial charge in [-0.2, -0.15) is 0 Å². The molecule has 0 radical (unpaired) electrons. The number of halogens is 1. The van der Waals surface area contributed by atoms with E-state index >= 15 is 0 Å². The molecule has 5 aromatic rings. The van der Waals surface area contributed by atoms with Crippen LogP contribution in [0.4, 0.5) is 5.69 Å². The zero-order chi connectivity index (χ0) is 31.3. The van der Waals surface area contributed by atoms with Gasteiger partial charge in [0.25, 0.3) is 5.91 Å². The topological polar surface area (TPSA) is 82.6 Å². The molecule has 1 aliphatic rings. The van der Waals surface area contributed by atoms with Gasteiger partial charge < -0.3 is 19.7 Å². The molecule has 1 atom stereocenters. The van der Waals surface area contributed by atoms with E-state index in [-0.39, 0.29) is 28.9 Å². The number of aromatic amines is 1. The number of anilines is 1. The Morgan fingerprint density at radius 3 is 2.42 bits per heavy atom. The highest BCUT2D eigenvalue weighted by molar-refractivity contribution is 6.19. The largest absolute Gasteiger partial charge is 0.507 e. The van der Waals surface area contributed by atoms with Crippen molar-refractivity contribution in [2.45, 2.75) is 33.6 Å². The number of phenols is 1. The van der Waals surface area contributed by atoms with Gasteiger partial charge in [-0.05, 0) is 83.8 Å². The average Bonchev–Trinajstić information content (AvgIpc) is 3.63. The molecule has 2 N–H and O–H groups in total. The number of methoxy groups -OCH3 is 1. The molecule has 0 fully saturated rings. The summed E-state index contributed by atoms with van der Waals surface area (Å²) in [5, 5.41) is 13.1. The van der Waals surface area contributed by atoms with Crippen LogP contribution in [-0.2, 0) is 0 Å². The Hall–Kier alpha value is -4.55. The molecule has 43 heavy (non-hydrogen) atoms. The number of phenolic OH excluding ortho intramolecular Hbond substituents is 1. The highest BCUT2D eigenvalue weighted by Gasteiger charge is 2.35. The summed E-state index contributed by atoms with van der Waals surface area (Å²) in [7, 11) is 1.61. The Morgan fingerprint density at radius 2 is 1.77 bits per heavy atom. The number of amides is 1. The van der Waals surface area contributed by atoms with Gasteiger partial charge in [-0.3, -0.25) is 9.59 Å². The van der Waals surface area contributed by atoms with Crippen LogP contribution in [0.1, 0.15) is 60.0 Å². The van der Waals surface area contributed by atoms with Crippen molar-refractivity contribution in [1.29, 1.82) is 0 Å². The Kier molecular flexibility index (Phi) is 9.94. The number of hydrogen-bond donors (Lipinski definition) is 2. The van der Waals surface area contributed by atoms with Crippen LogP contribution in [0.5, 0.6) is 11.5 Å². The van der Waals surface area contributed by atoms with Gasteiger partial charge in [-0.1, -0.05) is 50.3 Å². The lowest BCUT2D eigenvalue weighted by molar-refractivity contribution is 0.0982. The van der Waals surface area contributed by atoms with E-state index in [1.165, 1.54) is 13.0 Å². The number of ketones is 1. The van der Waals surface area contributed by atoms with E-state index in [1.54, 1.807) is 30.2 Å². The van der Waals surface area contributed by atoms with Gasteiger partial charge in [0, 0.05) is 34.9 Å². The first-order chi connectivity index (χ1) is 20.8. The first-order valence-corrected chi connectivity index (χ1v) is 14.9. The van der Waals surface area contributed by atoms with Crippen LogP contribution in [0.15, 0.2) is 85.5 Å². The van der Waals surface area contributed by atoms with Crippen molar-refractivity contribution in [3.63, 3.8) is 0 Å². The van der Waals surface area contributed by atoms with Gasteiger partial charge in [0.2, 0.25) is 0 Å². The number of aromatic hydroxyl groups is 1. The van der Waals surface area contributed by atoms with Crippen LogP contribution in [0.3, 0.4) is 0 Å². The summed E-state index contributed by atoms with van der Waals surface area (Å²) in [6, 6.07) is 22.6. The standard InChI is InChI=1S/C31H25ClN2O4.C3H6.C2H6/c1-17(35)24-12-18(7-10-29(24)36)25-14-28-30(23-6-4-3-5-22(23)25)20(15-32)16-34(28)31(37)27-13-19-11-21(38-2)8-9-26(19)33-27;1-3-2;1-2/h3-14,20,33,36H,15-16H2,1-2H3;3H,1H2,2H3;1-2H3. The summed E-state index contributed by atoms with van der Waals surface area (Å²) in [5.74, 6) is 0.638. The maximum Gasteiger partial charge on any atom is 0.274 e. The van der Waals surface area contributed by atoms with Crippen molar-refractivity contribution in [3.05, 3.63) is 102 Å². The predicted molar refractivity (Wildman–Crippen MR) is 178 cm³/mol. The second-order valence-electron chi connectivity index (χ2n) is 10.0. The molecule has 2 heterocycles. The smallest absolute Gasteiger partial charge is 0.274 e. The van der Waals surface area contributed by atoms with Gasteiger partial charge in [0.05, 0.1) is 12.7 Å². The van der Waals surface area contributed by atoms with Crippen molar-refractivity contribution in [2.24, 2.45) is 0 Å². The molecule has 1 amide bonds. The zero-order valence-corrected chi connectivity index (χ0v) is 26.0. The Labute approximate surface area is 257 Å². The predicted octanol–water partition coefficient (Wildman–Crippen LogP) is 9.11. The van der Waals surface area contributed by atoms with Crippen LogP contribution >= 0.6 is 11.6 Å². The fraction of sp³-hybridized carbons (Fsp3) is 0.222. The minimum atomic E-state index is -0.218. The number of benzene rings is 4. The van der Waals surface area contributed by atoms with E-state index in [9.17, 15) is 14.7 Å². The van der Waals surface area contributed by atoms with Gasteiger partial charge in [0.1, 0.15) is 17.2 Å². The Balaban J connectivity index is 0.000000798. The summed E-state index contributed by atoms with van der Waals surface area (Å²) >= 11 is 6.45. The molecular weight excluding hydrogens is 560 g/mol. The number of carbonyl (C=O) groups excluding carboxylic acids is 2. The Bertz CT molecular complexity index is 1810. The molecule has 0 saturated carbocycles. The summed E-state index contributed by atoms with van der Waals surface area (Å²) in [4.78, 5) is 31.1. The lowest BCUT2D eigenvalue weighted by Crippen LogP contribution is -2.30. The van der Waals surface area contributed by atoms with Crippen molar-refractivity contribution < 1.29 is 19.4 Å². The van der Waals surface area contributed by atoms with E-state index in [4.69, 9.17) is 16.3 Å². The number of fused-ring (bicyclic) bond motifs is 4. The summed E-state index contributed by atoms with van der Waals surface area (Å²) < 4.78 is 5.33. The number of alkyl halides is 1. The monoisotopic (exact) mass is 596 g/mol. The first-order valence-electron chi connectivity index (χ1n) is 14.3. The normalized spacial score (nSPS) is 13.4. The molecule has 0 bridgehead atoms. The maximum absolute atomic E-state index is 13.9. The highest BCUT2D eigenvalue weighted by Crippen LogP contribution is 2.46. The summed E-state index contributed by atoms with van der Waals surface area (Å²) in [6.45, 7) is 11.1. The molecule has 0 spiro atoms. The third-order valence-electron chi connectivity index (χ3n) is 7.34. The SMILES string of the molecule is C=CC.CC.COc1ccc2[nH]c(C(=O)N3CC(CCl)c4c3cc(-c3ccc(O)c(C(C)=O)c3)c3ccccc43)cc2c1. The number of rotatable bonds is 5. The number of hydrogen-bond acceptors (Lipinski definition) is 4. The molecule has 6 nitrogen and oxygen atoms in total. The third kappa shape index (κ3) is 6.02. The molecule has 0 saturated heterocycles. The number of carbonyl (C=O) groups is 2. The second kappa shape index (κ2) is 13.6. The fourth-order valence-corrected chi connectivity index (χ4v) is 5.74. The lowest BCUT2D eigenvalue weighted by Gasteiger charge is -2.19. The van der Waals surface area contributed by atoms with Gasteiger partial charge >= 0.3 is 0 Å². The molecule has 4 aromatic carbocycles. The van der Waals surface area contributed by atoms with E-state index < -0.39 is 0 Å². The van der Waals surface area contributed by atoms with E-state index in [2.05, 4.69) is 11.6 Å². The van der Waals surface area contributed by atoms with Crippen LogP contribution in [0, 0.1) is 0 Å². The fourth-order valence-electron chi connectivity index (χ4n) is 5.49. The van der Waals surface area contributed by atoms with E-state index in [0.29, 0.717) is 18.1 Å². The quantitative estimate of drug-likeness (QED) is 0.120. The lowest BCUT2D eigenvalue weighted by atomic mass is 9.90. The van der Waals surface area contributed by atoms with Gasteiger partial charge in [0.15, 0.2) is 5.78 Å². The zero-order valence-electron chi connectivity index (χ0n) is 25.2. The summed E-state index contributed by atoms with van der Waals surface area (Å²) in [6.07, 6.45) is 1.75.